The van der Waals surface area contributed by atoms with E-state index in [9.17, 15) is 9.59 Å². The second-order valence-electron chi connectivity index (χ2n) is 5.91. The molecule has 0 saturated carbocycles. The lowest BCUT2D eigenvalue weighted by molar-refractivity contribution is -0.112. The van der Waals surface area contributed by atoms with Gasteiger partial charge >= 0.3 is 6.09 Å². The Bertz CT molecular complexity index is 501. The molecule has 1 aromatic rings. The molecule has 0 spiro atoms. The maximum absolute atomic E-state index is 11.9. The van der Waals surface area contributed by atoms with Crippen LogP contribution in [0.1, 0.15) is 33.3 Å². The van der Waals surface area contributed by atoms with Crippen LogP contribution in [0.25, 0.3) is 0 Å². The Hall–Kier alpha value is -2.10. The van der Waals surface area contributed by atoms with Crippen LogP contribution in [-0.2, 0) is 16.0 Å². The minimum atomic E-state index is -0.550. The fourth-order valence-electron chi connectivity index (χ4n) is 1.75. The first kappa shape index (κ1) is 17.0. The van der Waals surface area contributed by atoms with Crippen molar-refractivity contribution in [2.45, 2.75) is 45.8 Å². The number of alkyl carbamates (subject to hydrolysis) is 1. The first-order valence-corrected chi connectivity index (χ1v) is 6.98. The molecule has 0 unspecified atom stereocenters. The Balaban J connectivity index is 2.73. The van der Waals surface area contributed by atoms with Crippen LogP contribution in [0.4, 0.5) is 4.79 Å². The summed E-state index contributed by atoms with van der Waals surface area (Å²) in [6.45, 7) is 6.90. The fourth-order valence-corrected chi connectivity index (χ4v) is 1.75. The number of benzene rings is 1. The molecule has 1 rings (SSSR count). The third-order valence-corrected chi connectivity index (χ3v) is 2.56. The molecule has 0 fully saturated rings. The van der Waals surface area contributed by atoms with E-state index in [1.807, 2.05) is 51.1 Å². The molecule has 1 aromatic carbocycles. The van der Waals surface area contributed by atoms with E-state index in [-0.39, 0.29) is 11.8 Å². The van der Waals surface area contributed by atoms with Gasteiger partial charge in [-0.1, -0.05) is 36.4 Å². The highest BCUT2D eigenvalue weighted by Gasteiger charge is 2.18. The minimum Gasteiger partial charge on any atom is -0.444 e. The summed E-state index contributed by atoms with van der Waals surface area (Å²) in [7, 11) is 0. The molecular weight excluding hydrogens is 266 g/mol. The highest BCUT2D eigenvalue weighted by atomic mass is 16.6. The third-order valence-electron chi connectivity index (χ3n) is 2.56. The highest BCUT2D eigenvalue weighted by molar-refractivity contribution is 5.87. The van der Waals surface area contributed by atoms with Gasteiger partial charge in [0.1, 0.15) is 5.60 Å². The summed E-state index contributed by atoms with van der Waals surface area (Å²) < 4.78 is 5.24. The van der Waals surface area contributed by atoms with E-state index >= 15 is 0 Å². The summed E-state index contributed by atoms with van der Waals surface area (Å²) in [5, 5.41) is 2.78. The molecule has 21 heavy (non-hydrogen) atoms. The van der Waals surface area contributed by atoms with Gasteiger partial charge < -0.3 is 10.1 Å². The minimum absolute atomic E-state index is 0.0564. The van der Waals surface area contributed by atoms with E-state index in [2.05, 4.69) is 5.32 Å². The molecular formula is C17H23NO3. The summed E-state index contributed by atoms with van der Waals surface area (Å²) >= 11 is 0. The van der Waals surface area contributed by atoms with Gasteiger partial charge in [0.25, 0.3) is 0 Å². The number of amides is 1. The number of hydrogen-bond donors (Lipinski definition) is 1. The fraction of sp³-hybridized carbons (Fsp3) is 0.412. The van der Waals surface area contributed by atoms with E-state index in [1.54, 1.807) is 6.08 Å². The number of rotatable bonds is 5. The first-order chi connectivity index (χ1) is 9.76. The van der Waals surface area contributed by atoms with Gasteiger partial charge in [-0.25, -0.2) is 4.79 Å². The van der Waals surface area contributed by atoms with Crippen LogP contribution >= 0.6 is 0 Å². The number of ketones is 1. The Morgan fingerprint density at radius 1 is 1.24 bits per heavy atom. The zero-order valence-electron chi connectivity index (χ0n) is 13.1. The molecule has 0 saturated heterocycles. The summed E-state index contributed by atoms with van der Waals surface area (Å²) in [4.78, 5) is 22.9. The zero-order chi connectivity index (χ0) is 15.9. The molecule has 0 heterocycles. The van der Waals surface area contributed by atoms with E-state index in [1.165, 1.54) is 13.0 Å². The van der Waals surface area contributed by atoms with Crippen molar-refractivity contribution in [2.24, 2.45) is 0 Å². The van der Waals surface area contributed by atoms with Gasteiger partial charge in [-0.05, 0) is 45.8 Å². The second kappa shape index (κ2) is 7.62. The molecule has 0 aromatic heterocycles. The number of hydrogen-bond acceptors (Lipinski definition) is 3. The van der Waals surface area contributed by atoms with Crippen LogP contribution in [0, 0.1) is 0 Å². The smallest absolute Gasteiger partial charge is 0.408 e. The highest BCUT2D eigenvalue weighted by Crippen LogP contribution is 2.09. The van der Waals surface area contributed by atoms with Gasteiger partial charge in [0.15, 0.2) is 5.78 Å². The Kier molecular flexibility index (Phi) is 6.15. The molecule has 4 nitrogen and oxygen atoms in total. The van der Waals surface area contributed by atoms with E-state index in [0.29, 0.717) is 6.42 Å². The van der Waals surface area contributed by atoms with Gasteiger partial charge in [-0.3, -0.25) is 4.79 Å². The molecule has 0 aliphatic rings. The van der Waals surface area contributed by atoms with Crippen molar-refractivity contribution in [2.75, 3.05) is 0 Å². The standard InChI is InChI=1S/C17H23NO3/c1-13(19)10-11-15(12-14-8-6-5-7-9-14)18-16(20)21-17(2,3)4/h5-11,15H,12H2,1-4H3,(H,18,20)/b11-10+/t15-/m0/s1. The van der Waals surface area contributed by atoms with E-state index in [0.717, 1.165) is 5.56 Å². The largest absolute Gasteiger partial charge is 0.444 e. The number of carbonyl (C=O) groups is 2. The molecule has 1 N–H and O–H groups in total. The van der Waals surface area contributed by atoms with Crippen LogP contribution in [0.3, 0.4) is 0 Å². The quantitative estimate of drug-likeness (QED) is 0.846. The van der Waals surface area contributed by atoms with E-state index < -0.39 is 11.7 Å². The average molecular weight is 289 g/mol. The number of ether oxygens (including phenoxy) is 1. The van der Waals surface area contributed by atoms with Crippen LogP contribution in [0.15, 0.2) is 42.5 Å². The maximum atomic E-state index is 11.9. The Morgan fingerprint density at radius 2 is 1.86 bits per heavy atom. The van der Waals surface area contributed by atoms with Crippen LogP contribution in [0.2, 0.25) is 0 Å². The van der Waals surface area contributed by atoms with E-state index in [4.69, 9.17) is 4.74 Å². The molecule has 0 bridgehead atoms. The topological polar surface area (TPSA) is 55.4 Å². The molecule has 1 atom stereocenters. The normalized spacial score (nSPS) is 13.0. The number of carbonyl (C=O) groups excluding carboxylic acids is 2. The Morgan fingerprint density at radius 3 is 2.38 bits per heavy atom. The molecule has 1 amide bonds. The van der Waals surface area contributed by atoms with Crippen molar-refractivity contribution in [3.63, 3.8) is 0 Å². The number of allylic oxidation sites excluding steroid dienone is 1. The predicted molar refractivity (Wildman–Crippen MR) is 83.1 cm³/mol. The average Bonchev–Trinajstić information content (AvgIpc) is 2.34. The lowest BCUT2D eigenvalue weighted by Gasteiger charge is -2.22. The zero-order valence-corrected chi connectivity index (χ0v) is 13.1. The maximum Gasteiger partial charge on any atom is 0.408 e. The molecule has 4 heteroatoms. The van der Waals surface area contributed by atoms with Gasteiger partial charge in [-0.15, -0.1) is 0 Å². The first-order valence-electron chi connectivity index (χ1n) is 6.98. The summed E-state index contributed by atoms with van der Waals surface area (Å²) in [6, 6.07) is 9.48. The monoisotopic (exact) mass is 289 g/mol. The summed E-state index contributed by atoms with van der Waals surface area (Å²) in [5.74, 6) is -0.0564. The van der Waals surface area contributed by atoms with Crippen molar-refractivity contribution in [1.29, 1.82) is 0 Å². The van der Waals surface area contributed by atoms with Crippen LogP contribution in [0.5, 0.6) is 0 Å². The van der Waals surface area contributed by atoms with Gasteiger partial charge in [-0.2, -0.15) is 0 Å². The van der Waals surface area contributed by atoms with Gasteiger partial charge in [0, 0.05) is 0 Å². The predicted octanol–water partition coefficient (Wildman–Crippen LogP) is 3.27. The van der Waals surface area contributed by atoms with Crippen molar-refractivity contribution < 1.29 is 14.3 Å². The second-order valence-corrected chi connectivity index (χ2v) is 5.91. The third kappa shape index (κ3) is 7.92. The number of nitrogens with one attached hydrogen (secondary N) is 1. The SMILES string of the molecule is CC(=O)/C=C/[C@@H](Cc1ccccc1)NC(=O)OC(C)(C)C. The summed E-state index contributed by atoms with van der Waals surface area (Å²) in [5.41, 5.74) is 0.526. The molecule has 0 aliphatic carbocycles. The summed E-state index contributed by atoms with van der Waals surface area (Å²) in [6.07, 6.45) is 3.27. The van der Waals surface area contributed by atoms with Gasteiger partial charge in [0.2, 0.25) is 0 Å². The van der Waals surface area contributed by atoms with Gasteiger partial charge in [0.05, 0.1) is 6.04 Å². The lowest BCUT2D eigenvalue weighted by Crippen LogP contribution is -2.39. The van der Waals surface area contributed by atoms with Crippen LogP contribution < -0.4 is 5.32 Å². The van der Waals surface area contributed by atoms with Crippen molar-refractivity contribution >= 4 is 11.9 Å². The Labute approximate surface area is 126 Å². The van der Waals surface area contributed by atoms with Crippen molar-refractivity contribution in [3.05, 3.63) is 48.0 Å². The lowest BCUT2D eigenvalue weighted by atomic mass is 10.1. The molecule has 0 radical (unpaired) electrons. The molecule has 0 aliphatic heterocycles. The van der Waals surface area contributed by atoms with Crippen molar-refractivity contribution in [3.8, 4) is 0 Å². The molecule has 114 valence electrons. The van der Waals surface area contributed by atoms with Crippen molar-refractivity contribution in [1.82, 2.24) is 5.32 Å². The van der Waals surface area contributed by atoms with Crippen LogP contribution in [-0.4, -0.2) is 23.5 Å².